The van der Waals surface area contributed by atoms with Crippen LogP contribution >= 0.6 is 0 Å². The van der Waals surface area contributed by atoms with Crippen LogP contribution in [0.25, 0.3) is 0 Å². The summed E-state index contributed by atoms with van der Waals surface area (Å²) in [5, 5.41) is 0. The van der Waals surface area contributed by atoms with Crippen molar-refractivity contribution in [3.63, 3.8) is 0 Å². The van der Waals surface area contributed by atoms with Crippen LogP contribution in [-0.4, -0.2) is 4.98 Å². The topological polar surface area (TPSA) is 26.0 Å². The summed E-state index contributed by atoms with van der Waals surface area (Å²) < 4.78 is 4.98. The molecule has 0 aliphatic heterocycles. The fourth-order valence-corrected chi connectivity index (χ4v) is 0.520. The minimum absolute atomic E-state index is 0.407. The van der Waals surface area contributed by atoms with Gasteiger partial charge in [-0.3, -0.25) is 0 Å². The van der Waals surface area contributed by atoms with Gasteiger partial charge >= 0.3 is 0 Å². The second kappa shape index (κ2) is 10.2. The van der Waals surface area contributed by atoms with E-state index in [2.05, 4.69) is 4.98 Å². The van der Waals surface area contributed by atoms with Crippen LogP contribution in [0.4, 0.5) is 0 Å². The Morgan fingerprint density at radius 1 is 1.17 bits per heavy atom. The molecule has 0 saturated carbocycles. The third-order valence-electron chi connectivity index (χ3n) is 0.945. The van der Waals surface area contributed by atoms with Crippen molar-refractivity contribution in [2.75, 3.05) is 0 Å². The lowest BCUT2D eigenvalue weighted by atomic mass is 10.2. The van der Waals surface area contributed by atoms with Gasteiger partial charge in [0.05, 0.1) is 6.20 Å². The molecule has 0 spiro atoms. The van der Waals surface area contributed by atoms with E-state index in [0.29, 0.717) is 5.92 Å². The van der Waals surface area contributed by atoms with Crippen molar-refractivity contribution in [1.29, 1.82) is 0 Å². The van der Waals surface area contributed by atoms with Gasteiger partial charge in [-0.15, -0.1) is 0 Å². The van der Waals surface area contributed by atoms with Gasteiger partial charge in [0.15, 0.2) is 5.89 Å². The molecular weight excluding hydrogens is 150 g/mol. The van der Waals surface area contributed by atoms with Crippen LogP contribution in [0.5, 0.6) is 0 Å². The highest BCUT2D eigenvalue weighted by atomic mass is 16.3. The summed E-state index contributed by atoms with van der Waals surface area (Å²) in [7, 11) is 0. The zero-order valence-electron chi connectivity index (χ0n) is 9.09. The molecule has 2 heteroatoms. The van der Waals surface area contributed by atoms with Crippen molar-refractivity contribution in [1.82, 2.24) is 4.98 Å². The number of hydrogen-bond donors (Lipinski definition) is 0. The van der Waals surface area contributed by atoms with E-state index in [1.54, 1.807) is 12.5 Å². The summed E-state index contributed by atoms with van der Waals surface area (Å²) in [5.74, 6) is 1.22. The Kier molecular flexibility index (Phi) is 11.7. The maximum atomic E-state index is 4.98. The molecule has 0 amide bonds. The van der Waals surface area contributed by atoms with Gasteiger partial charge in [0.2, 0.25) is 0 Å². The molecule has 0 bridgehead atoms. The molecule has 0 unspecified atom stereocenters. The number of rotatable bonds is 1. The molecule has 2 nitrogen and oxygen atoms in total. The van der Waals surface area contributed by atoms with Gasteiger partial charge in [-0.2, -0.15) is 0 Å². The Morgan fingerprint density at radius 3 is 1.83 bits per heavy atom. The van der Waals surface area contributed by atoms with Crippen LogP contribution in [0.15, 0.2) is 16.9 Å². The van der Waals surface area contributed by atoms with Crippen molar-refractivity contribution >= 4 is 0 Å². The molecule has 72 valence electrons. The first-order chi connectivity index (χ1) is 5.80. The summed E-state index contributed by atoms with van der Waals surface area (Å²) in [6.45, 7) is 12.1. The molecule has 0 aliphatic rings. The lowest BCUT2D eigenvalue weighted by molar-refractivity contribution is 0.471. The Hall–Kier alpha value is -0.790. The van der Waals surface area contributed by atoms with Gasteiger partial charge in [0, 0.05) is 5.92 Å². The molecule has 1 rings (SSSR count). The second-order valence-electron chi connectivity index (χ2n) is 2.03. The van der Waals surface area contributed by atoms with Crippen LogP contribution in [0.3, 0.4) is 0 Å². The minimum Gasteiger partial charge on any atom is -0.449 e. The van der Waals surface area contributed by atoms with Crippen LogP contribution in [0.1, 0.15) is 53.4 Å². The van der Waals surface area contributed by atoms with Gasteiger partial charge in [-0.1, -0.05) is 41.5 Å². The molecule has 0 fully saturated rings. The predicted octanol–water partition coefficient (Wildman–Crippen LogP) is 3.85. The molecule has 12 heavy (non-hydrogen) atoms. The molecule has 1 aromatic heterocycles. The fourth-order valence-electron chi connectivity index (χ4n) is 0.520. The highest BCUT2D eigenvalue weighted by Crippen LogP contribution is 2.09. The average molecular weight is 171 g/mol. The molecule has 1 heterocycles. The standard InChI is InChI=1S/C6H9NO.2C2H6/c1-5(2)6-7-3-4-8-6;2*1-2/h3-5H,1-2H3;2*1-2H3. The number of oxazole rings is 1. The van der Waals surface area contributed by atoms with Crippen molar-refractivity contribution in [2.45, 2.75) is 47.5 Å². The van der Waals surface area contributed by atoms with Crippen molar-refractivity contribution < 1.29 is 4.42 Å². The quantitative estimate of drug-likeness (QED) is 0.641. The molecule has 0 radical (unpaired) electrons. The summed E-state index contributed by atoms with van der Waals surface area (Å²) in [4.78, 5) is 3.95. The Balaban J connectivity index is 0. The maximum Gasteiger partial charge on any atom is 0.196 e. The third kappa shape index (κ3) is 5.96. The molecule has 0 saturated heterocycles. The normalized spacial score (nSPS) is 7.92. The van der Waals surface area contributed by atoms with Gasteiger partial charge in [0.1, 0.15) is 6.26 Å². The van der Waals surface area contributed by atoms with Gasteiger partial charge < -0.3 is 4.42 Å². The lowest BCUT2D eigenvalue weighted by Crippen LogP contribution is -1.83. The SMILES string of the molecule is CC.CC.CC(C)c1ncco1. The smallest absolute Gasteiger partial charge is 0.196 e. The average Bonchev–Trinajstić information content (AvgIpc) is 2.64. The first kappa shape index (κ1) is 13.8. The summed E-state index contributed by atoms with van der Waals surface area (Å²) >= 11 is 0. The number of aromatic nitrogens is 1. The van der Waals surface area contributed by atoms with E-state index < -0.39 is 0 Å². The minimum atomic E-state index is 0.407. The molecule has 0 atom stereocenters. The largest absolute Gasteiger partial charge is 0.449 e. The number of nitrogens with zero attached hydrogens (tertiary/aromatic N) is 1. The van der Waals surface area contributed by atoms with Gasteiger partial charge in [-0.05, 0) is 0 Å². The van der Waals surface area contributed by atoms with Gasteiger partial charge in [-0.25, -0.2) is 4.98 Å². The van der Waals surface area contributed by atoms with E-state index in [1.807, 2.05) is 41.5 Å². The van der Waals surface area contributed by atoms with E-state index >= 15 is 0 Å². The predicted molar refractivity (Wildman–Crippen MR) is 53.3 cm³/mol. The highest BCUT2D eigenvalue weighted by Gasteiger charge is 2.00. The van der Waals surface area contributed by atoms with Crippen molar-refractivity contribution in [2.24, 2.45) is 0 Å². The Bertz CT molecular complexity index is 145. The van der Waals surface area contributed by atoms with Crippen molar-refractivity contribution in [3.8, 4) is 0 Å². The first-order valence-corrected chi connectivity index (χ1v) is 4.70. The van der Waals surface area contributed by atoms with Gasteiger partial charge in [0.25, 0.3) is 0 Å². The first-order valence-electron chi connectivity index (χ1n) is 4.70. The summed E-state index contributed by atoms with van der Waals surface area (Å²) in [6.07, 6.45) is 3.25. The Morgan fingerprint density at radius 2 is 1.67 bits per heavy atom. The van der Waals surface area contributed by atoms with E-state index in [4.69, 9.17) is 4.42 Å². The van der Waals surface area contributed by atoms with E-state index in [-0.39, 0.29) is 0 Å². The maximum absolute atomic E-state index is 4.98. The highest BCUT2D eigenvalue weighted by molar-refractivity contribution is 4.85. The van der Waals surface area contributed by atoms with Crippen LogP contribution in [-0.2, 0) is 0 Å². The third-order valence-corrected chi connectivity index (χ3v) is 0.945. The molecule has 1 aromatic rings. The van der Waals surface area contributed by atoms with E-state index in [0.717, 1.165) is 5.89 Å². The Labute approximate surface area is 76.0 Å². The van der Waals surface area contributed by atoms with Crippen LogP contribution in [0.2, 0.25) is 0 Å². The lowest BCUT2D eigenvalue weighted by Gasteiger charge is -1.92. The molecule has 0 aliphatic carbocycles. The molecule has 0 aromatic carbocycles. The second-order valence-corrected chi connectivity index (χ2v) is 2.03. The fraction of sp³-hybridized carbons (Fsp3) is 0.700. The van der Waals surface area contributed by atoms with Crippen LogP contribution < -0.4 is 0 Å². The molecular formula is C10H21NO. The van der Waals surface area contributed by atoms with E-state index in [9.17, 15) is 0 Å². The monoisotopic (exact) mass is 171 g/mol. The zero-order valence-corrected chi connectivity index (χ0v) is 9.09. The summed E-state index contributed by atoms with van der Waals surface area (Å²) in [5.41, 5.74) is 0. The zero-order chi connectivity index (χ0) is 9.98. The summed E-state index contributed by atoms with van der Waals surface area (Å²) in [6, 6.07) is 0. The van der Waals surface area contributed by atoms with E-state index in [1.165, 1.54) is 0 Å². The molecule has 0 N–H and O–H groups in total. The number of hydrogen-bond acceptors (Lipinski definition) is 2. The van der Waals surface area contributed by atoms with Crippen LogP contribution in [0, 0.1) is 0 Å². The van der Waals surface area contributed by atoms with Crippen molar-refractivity contribution in [3.05, 3.63) is 18.4 Å².